The van der Waals surface area contributed by atoms with Crippen molar-refractivity contribution < 1.29 is 8.78 Å². The number of aromatic nitrogens is 2. The van der Waals surface area contributed by atoms with Crippen LogP contribution in [0.2, 0.25) is 0 Å². The maximum Gasteiger partial charge on any atom is 0.271 e. The van der Waals surface area contributed by atoms with Crippen LogP contribution in [0.1, 0.15) is 5.56 Å². The predicted octanol–water partition coefficient (Wildman–Crippen LogP) is 3.94. The van der Waals surface area contributed by atoms with E-state index in [0.717, 1.165) is 28.3 Å². The van der Waals surface area contributed by atoms with E-state index in [1.54, 1.807) is 0 Å². The second-order valence-corrected chi connectivity index (χ2v) is 6.24. The molecule has 4 aromatic rings. The van der Waals surface area contributed by atoms with Gasteiger partial charge in [0.1, 0.15) is 16.3 Å². The molecule has 0 unspecified atom stereocenters. The van der Waals surface area contributed by atoms with Crippen LogP contribution in [-0.2, 0) is 6.54 Å². The molecule has 0 fully saturated rings. The molecule has 0 saturated heterocycles. The minimum absolute atomic E-state index is 0.0559. The van der Waals surface area contributed by atoms with Crippen LogP contribution < -0.4 is 5.56 Å². The molecule has 0 aliphatic heterocycles. The third-order valence-corrected chi connectivity index (χ3v) is 4.85. The van der Waals surface area contributed by atoms with Crippen molar-refractivity contribution in [1.29, 1.82) is 0 Å². The van der Waals surface area contributed by atoms with Crippen molar-refractivity contribution in [2.75, 3.05) is 0 Å². The van der Waals surface area contributed by atoms with E-state index in [2.05, 4.69) is 4.98 Å². The molecule has 0 bridgehead atoms. The predicted molar refractivity (Wildman–Crippen MR) is 86.8 cm³/mol. The van der Waals surface area contributed by atoms with Crippen LogP contribution in [0.15, 0.2) is 53.6 Å². The lowest BCUT2D eigenvalue weighted by molar-refractivity contribution is 0.574. The van der Waals surface area contributed by atoms with Crippen molar-refractivity contribution in [3.63, 3.8) is 0 Å². The summed E-state index contributed by atoms with van der Waals surface area (Å²) in [5.74, 6) is -1.08. The van der Waals surface area contributed by atoms with Crippen molar-refractivity contribution in [2.24, 2.45) is 0 Å². The maximum absolute atomic E-state index is 13.8. The summed E-state index contributed by atoms with van der Waals surface area (Å²) in [4.78, 5) is 17.0. The number of benzene rings is 2. The summed E-state index contributed by atoms with van der Waals surface area (Å²) in [7, 11) is 0. The van der Waals surface area contributed by atoms with Gasteiger partial charge < -0.3 is 0 Å². The van der Waals surface area contributed by atoms with Crippen molar-refractivity contribution >= 4 is 31.6 Å². The van der Waals surface area contributed by atoms with E-state index >= 15 is 0 Å². The number of rotatable bonds is 2. The average molecular weight is 328 g/mol. The topological polar surface area (TPSA) is 34.9 Å². The minimum Gasteiger partial charge on any atom is -0.293 e. The molecule has 0 radical (unpaired) electrons. The van der Waals surface area contributed by atoms with Gasteiger partial charge in [0, 0.05) is 15.6 Å². The molecule has 114 valence electrons. The first-order valence-corrected chi connectivity index (χ1v) is 7.76. The Balaban J connectivity index is 1.88. The summed E-state index contributed by atoms with van der Waals surface area (Å²) in [5.41, 5.74) is 0.515. The third kappa shape index (κ3) is 2.31. The summed E-state index contributed by atoms with van der Waals surface area (Å²) in [5, 5.41) is 0.925. The fourth-order valence-corrected chi connectivity index (χ4v) is 3.68. The van der Waals surface area contributed by atoms with Crippen LogP contribution in [0.3, 0.4) is 0 Å². The standard InChI is InChI=1S/C17H10F2N2OS/c18-11-5-6-13(19)10(7-11)8-21-9-20-15-12-3-1-2-4-14(12)23-16(15)17(21)22/h1-7,9H,8H2. The Morgan fingerprint density at radius 3 is 2.83 bits per heavy atom. The Bertz CT molecular complexity index is 1100. The van der Waals surface area contributed by atoms with E-state index < -0.39 is 11.6 Å². The van der Waals surface area contributed by atoms with E-state index in [0.29, 0.717) is 10.2 Å². The molecule has 2 heterocycles. The largest absolute Gasteiger partial charge is 0.293 e. The van der Waals surface area contributed by atoms with Crippen LogP contribution >= 0.6 is 11.3 Å². The van der Waals surface area contributed by atoms with Gasteiger partial charge in [0.05, 0.1) is 18.4 Å². The highest BCUT2D eigenvalue weighted by atomic mass is 32.1. The first-order chi connectivity index (χ1) is 11.1. The SMILES string of the molecule is O=c1c2sc3ccccc3c2ncn1Cc1cc(F)ccc1F. The number of hydrogen-bond acceptors (Lipinski definition) is 3. The smallest absolute Gasteiger partial charge is 0.271 e. The highest BCUT2D eigenvalue weighted by Crippen LogP contribution is 2.29. The first-order valence-electron chi connectivity index (χ1n) is 6.94. The Morgan fingerprint density at radius 2 is 1.96 bits per heavy atom. The molecule has 0 aliphatic rings. The van der Waals surface area contributed by atoms with Gasteiger partial charge in [-0.2, -0.15) is 0 Å². The zero-order valence-electron chi connectivity index (χ0n) is 11.8. The third-order valence-electron chi connectivity index (χ3n) is 3.70. The number of hydrogen-bond donors (Lipinski definition) is 0. The van der Waals surface area contributed by atoms with Crippen LogP contribution in [-0.4, -0.2) is 9.55 Å². The summed E-state index contributed by atoms with van der Waals surface area (Å²) < 4.78 is 29.8. The normalized spacial score (nSPS) is 11.4. The van der Waals surface area contributed by atoms with Crippen LogP contribution in [0.4, 0.5) is 8.78 Å². The molecule has 4 rings (SSSR count). The maximum atomic E-state index is 13.8. The molecule has 2 aromatic heterocycles. The van der Waals surface area contributed by atoms with Gasteiger partial charge in [-0.15, -0.1) is 11.3 Å². The van der Waals surface area contributed by atoms with E-state index in [-0.39, 0.29) is 17.7 Å². The fraction of sp³-hybridized carbons (Fsp3) is 0.0588. The second-order valence-electron chi connectivity index (χ2n) is 5.19. The van der Waals surface area contributed by atoms with E-state index in [1.165, 1.54) is 22.2 Å². The number of halogens is 2. The summed E-state index contributed by atoms with van der Waals surface area (Å²) in [6, 6.07) is 10.8. The summed E-state index contributed by atoms with van der Waals surface area (Å²) in [6.07, 6.45) is 1.38. The van der Waals surface area contributed by atoms with Crippen molar-refractivity contribution in [3.8, 4) is 0 Å². The first kappa shape index (κ1) is 14.0. The number of fused-ring (bicyclic) bond motifs is 3. The van der Waals surface area contributed by atoms with Gasteiger partial charge in [0.25, 0.3) is 5.56 Å². The average Bonchev–Trinajstić information content (AvgIpc) is 2.93. The minimum atomic E-state index is -0.547. The molecule has 23 heavy (non-hydrogen) atoms. The number of thiophene rings is 1. The van der Waals surface area contributed by atoms with E-state index in [4.69, 9.17) is 0 Å². The molecule has 0 saturated carbocycles. The van der Waals surface area contributed by atoms with Gasteiger partial charge in [-0.25, -0.2) is 13.8 Å². The molecule has 0 N–H and O–H groups in total. The van der Waals surface area contributed by atoms with E-state index in [1.807, 2.05) is 24.3 Å². The lowest BCUT2D eigenvalue weighted by Gasteiger charge is -2.06. The summed E-state index contributed by atoms with van der Waals surface area (Å²) >= 11 is 1.36. The monoisotopic (exact) mass is 328 g/mol. The molecule has 0 aliphatic carbocycles. The van der Waals surface area contributed by atoms with Crippen LogP contribution in [0.5, 0.6) is 0 Å². The molecule has 0 amide bonds. The lowest BCUT2D eigenvalue weighted by atomic mass is 10.2. The molecule has 0 spiro atoms. The highest BCUT2D eigenvalue weighted by molar-refractivity contribution is 7.25. The van der Waals surface area contributed by atoms with Gasteiger partial charge in [-0.3, -0.25) is 9.36 Å². The molecular weight excluding hydrogens is 318 g/mol. The Morgan fingerprint density at radius 1 is 1.13 bits per heavy atom. The van der Waals surface area contributed by atoms with Gasteiger partial charge in [-0.05, 0) is 24.3 Å². The quantitative estimate of drug-likeness (QED) is 0.559. The highest BCUT2D eigenvalue weighted by Gasteiger charge is 2.12. The van der Waals surface area contributed by atoms with Gasteiger partial charge in [0.15, 0.2) is 0 Å². The van der Waals surface area contributed by atoms with Gasteiger partial charge in [-0.1, -0.05) is 18.2 Å². The number of nitrogens with zero attached hydrogens (tertiary/aromatic N) is 2. The summed E-state index contributed by atoms with van der Waals surface area (Å²) in [6.45, 7) is -0.0559. The van der Waals surface area contributed by atoms with E-state index in [9.17, 15) is 13.6 Å². The molecule has 2 aromatic carbocycles. The molecular formula is C17H10F2N2OS. The van der Waals surface area contributed by atoms with Crippen LogP contribution in [0, 0.1) is 11.6 Å². The van der Waals surface area contributed by atoms with Crippen molar-refractivity contribution in [2.45, 2.75) is 6.54 Å². The zero-order chi connectivity index (χ0) is 16.0. The Hall–Kier alpha value is -2.60. The Kier molecular flexibility index (Phi) is 3.20. The Labute approximate surface area is 133 Å². The van der Waals surface area contributed by atoms with Crippen LogP contribution in [0.25, 0.3) is 20.3 Å². The molecule has 0 atom stereocenters. The zero-order valence-corrected chi connectivity index (χ0v) is 12.6. The van der Waals surface area contributed by atoms with Crippen molar-refractivity contribution in [1.82, 2.24) is 9.55 Å². The molecule has 3 nitrogen and oxygen atoms in total. The lowest BCUT2D eigenvalue weighted by Crippen LogP contribution is -2.20. The van der Waals surface area contributed by atoms with Crippen molar-refractivity contribution in [3.05, 3.63) is 76.3 Å². The molecule has 6 heteroatoms. The van der Waals surface area contributed by atoms with Gasteiger partial charge >= 0.3 is 0 Å². The van der Waals surface area contributed by atoms with Gasteiger partial charge in [0.2, 0.25) is 0 Å². The second kappa shape index (κ2) is 5.24. The fourth-order valence-electron chi connectivity index (χ4n) is 2.58.